The summed E-state index contributed by atoms with van der Waals surface area (Å²) in [6, 6.07) is 9.02. The summed E-state index contributed by atoms with van der Waals surface area (Å²) in [7, 11) is 2.00. The van der Waals surface area contributed by atoms with Gasteiger partial charge < -0.3 is 9.84 Å². The van der Waals surface area contributed by atoms with E-state index < -0.39 is 6.10 Å². The lowest BCUT2D eigenvalue weighted by atomic mass is 10.00. The molecule has 1 unspecified atom stereocenters. The highest BCUT2D eigenvalue weighted by Crippen LogP contribution is 2.17. The largest absolute Gasteiger partial charge is 0.491 e. The van der Waals surface area contributed by atoms with E-state index in [1.165, 1.54) is 0 Å². The van der Waals surface area contributed by atoms with Gasteiger partial charge in [-0.05, 0) is 45.5 Å². The van der Waals surface area contributed by atoms with Crippen molar-refractivity contribution in [1.29, 1.82) is 5.26 Å². The molecule has 4 nitrogen and oxygen atoms in total. The van der Waals surface area contributed by atoms with Gasteiger partial charge >= 0.3 is 0 Å². The number of benzene rings is 1. The van der Waals surface area contributed by atoms with Crippen molar-refractivity contribution in [2.45, 2.75) is 38.8 Å². The Hall–Kier alpha value is -1.57. The summed E-state index contributed by atoms with van der Waals surface area (Å²) in [5, 5.41) is 18.8. The van der Waals surface area contributed by atoms with Crippen molar-refractivity contribution in [1.82, 2.24) is 4.90 Å². The summed E-state index contributed by atoms with van der Waals surface area (Å²) in [6.45, 7) is 7.21. The van der Waals surface area contributed by atoms with Gasteiger partial charge in [-0.3, -0.25) is 4.90 Å². The minimum absolute atomic E-state index is 0.0572. The van der Waals surface area contributed by atoms with Gasteiger partial charge in [-0.2, -0.15) is 5.26 Å². The number of ether oxygens (including phenoxy) is 1. The first-order chi connectivity index (χ1) is 9.39. The lowest BCUT2D eigenvalue weighted by Crippen LogP contribution is -2.45. The highest BCUT2D eigenvalue weighted by molar-refractivity contribution is 5.36. The third-order valence-corrected chi connectivity index (χ3v) is 3.79. The van der Waals surface area contributed by atoms with Crippen LogP contribution in [0.5, 0.6) is 5.75 Å². The number of rotatable bonds is 7. The Kier molecular flexibility index (Phi) is 6.00. The molecule has 20 heavy (non-hydrogen) atoms. The van der Waals surface area contributed by atoms with Crippen molar-refractivity contribution in [3.05, 3.63) is 29.8 Å². The van der Waals surface area contributed by atoms with Crippen LogP contribution >= 0.6 is 0 Å². The van der Waals surface area contributed by atoms with Gasteiger partial charge in [0.2, 0.25) is 0 Å². The molecule has 110 valence electrons. The van der Waals surface area contributed by atoms with Gasteiger partial charge in [-0.25, -0.2) is 0 Å². The van der Waals surface area contributed by atoms with Gasteiger partial charge in [0.1, 0.15) is 18.5 Å². The fourth-order valence-electron chi connectivity index (χ4n) is 1.73. The average Bonchev–Trinajstić information content (AvgIpc) is 2.45. The monoisotopic (exact) mass is 276 g/mol. The van der Waals surface area contributed by atoms with Crippen LogP contribution in [0.1, 0.15) is 32.8 Å². The van der Waals surface area contributed by atoms with Crippen LogP contribution in [-0.2, 0) is 0 Å². The van der Waals surface area contributed by atoms with Gasteiger partial charge in [0.15, 0.2) is 0 Å². The van der Waals surface area contributed by atoms with Crippen LogP contribution in [0.15, 0.2) is 24.3 Å². The molecule has 0 heterocycles. The predicted octanol–water partition coefficient (Wildman–Crippen LogP) is 2.42. The summed E-state index contributed by atoms with van der Waals surface area (Å²) in [5.74, 6) is 0.612. The number of hydrogen-bond acceptors (Lipinski definition) is 4. The topological polar surface area (TPSA) is 56.5 Å². The maximum atomic E-state index is 10.0. The van der Waals surface area contributed by atoms with E-state index in [2.05, 4.69) is 31.7 Å². The molecule has 0 radical (unpaired) electrons. The molecule has 0 aliphatic carbocycles. The van der Waals surface area contributed by atoms with E-state index in [1.807, 2.05) is 7.05 Å². The Bertz CT molecular complexity index is 466. The Morgan fingerprint density at radius 2 is 2.15 bits per heavy atom. The minimum atomic E-state index is -0.559. The zero-order valence-electron chi connectivity index (χ0n) is 12.8. The molecule has 0 amide bonds. The van der Waals surface area contributed by atoms with Gasteiger partial charge in [-0.15, -0.1) is 0 Å². The van der Waals surface area contributed by atoms with Crippen LogP contribution in [0.2, 0.25) is 0 Å². The van der Waals surface area contributed by atoms with Crippen LogP contribution in [0, 0.1) is 11.3 Å². The first-order valence-electron chi connectivity index (χ1n) is 6.91. The normalized spacial score (nSPS) is 13.1. The quantitative estimate of drug-likeness (QED) is 0.831. The summed E-state index contributed by atoms with van der Waals surface area (Å²) >= 11 is 0. The van der Waals surface area contributed by atoms with Crippen molar-refractivity contribution < 1.29 is 9.84 Å². The number of β-amino-alcohol motifs (C(OH)–C–C–N with tert-alkyl or cyclic N) is 1. The predicted molar refractivity (Wildman–Crippen MR) is 79.7 cm³/mol. The number of likely N-dealkylation sites (N-methyl/N-ethyl adjacent to an activating group) is 1. The summed E-state index contributed by atoms with van der Waals surface area (Å²) in [6.07, 6.45) is 0.456. The lowest BCUT2D eigenvalue weighted by Gasteiger charge is -2.36. The lowest BCUT2D eigenvalue weighted by molar-refractivity contribution is 0.0407. The zero-order chi connectivity index (χ0) is 15.2. The number of aliphatic hydroxyl groups is 1. The molecule has 0 bridgehead atoms. The van der Waals surface area contributed by atoms with Gasteiger partial charge in [0.05, 0.1) is 11.6 Å². The molecule has 0 saturated heterocycles. The second kappa shape index (κ2) is 7.28. The Balaban J connectivity index is 2.47. The average molecular weight is 276 g/mol. The highest BCUT2D eigenvalue weighted by Gasteiger charge is 2.23. The number of aliphatic hydroxyl groups excluding tert-OH is 1. The smallest absolute Gasteiger partial charge is 0.120 e. The molecule has 0 aliphatic rings. The molecular weight excluding hydrogens is 252 g/mol. The van der Waals surface area contributed by atoms with E-state index in [4.69, 9.17) is 10.00 Å². The van der Waals surface area contributed by atoms with Crippen LogP contribution in [-0.4, -0.2) is 41.8 Å². The van der Waals surface area contributed by atoms with Crippen LogP contribution in [0.4, 0.5) is 0 Å². The fraction of sp³-hybridized carbons (Fsp3) is 0.562. The summed E-state index contributed by atoms with van der Waals surface area (Å²) in [4.78, 5) is 2.13. The van der Waals surface area contributed by atoms with E-state index in [0.29, 0.717) is 17.9 Å². The fourth-order valence-corrected chi connectivity index (χ4v) is 1.73. The molecule has 4 heteroatoms. The molecular formula is C16H24N2O2. The van der Waals surface area contributed by atoms with Crippen molar-refractivity contribution in [3.8, 4) is 11.8 Å². The standard InChI is InChI=1S/C16H24N2O2/c1-5-16(2,3)18(4)11-14(19)12-20-15-8-6-7-13(9-15)10-17/h6-9,14,19H,5,11-12H2,1-4H3. The number of nitriles is 1. The molecule has 1 N–H and O–H groups in total. The molecule has 1 aromatic rings. The van der Waals surface area contributed by atoms with Crippen molar-refractivity contribution in [2.24, 2.45) is 0 Å². The Morgan fingerprint density at radius 3 is 2.75 bits per heavy atom. The molecule has 0 fully saturated rings. The molecule has 0 aromatic heterocycles. The molecule has 0 saturated carbocycles. The molecule has 1 atom stereocenters. The minimum Gasteiger partial charge on any atom is -0.491 e. The second-order valence-corrected chi connectivity index (χ2v) is 5.65. The third-order valence-electron chi connectivity index (χ3n) is 3.79. The van der Waals surface area contributed by atoms with Crippen LogP contribution in [0.3, 0.4) is 0 Å². The van der Waals surface area contributed by atoms with Crippen molar-refractivity contribution in [2.75, 3.05) is 20.2 Å². The van der Waals surface area contributed by atoms with Crippen LogP contribution in [0.25, 0.3) is 0 Å². The summed E-state index contributed by atoms with van der Waals surface area (Å²) in [5.41, 5.74) is 0.614. The van der Waals surface area contributed by atoms with E-state index in [1.54, 1.807) is 24.3 Å². The molecule has 0 spiro atoms. The Labute approximate surface area is 121 Å². The second-order valence-electron chi connectivity index (χ2n) is 5.65. The van der Waals surface area contributed by atoms with E-state index in [9.17, 15) is 5.11 Å². The highest BCUT2D eigenvalue weighted by atomic mass is 16.5. The summed E-state index contributed by atoms with van der Waals surface area (Å²) < 4.78 is 5.53. The molecule has 1 rings (SSSR count). The number of nitrogens with zero attached hydrogens (tertiary/aromatic N) is 2. The van der Waals surface area contributed by atoms with Gasteiger partial charge in [0.25, 0.3) is 0 Å². The van der Waals surface area contributed by atoms with E-state index in [-0.39, 0.29) is 12.1 Å². The van der Waals surface area contributed by atoms with Gasteiger partial charge in [-0.1, -0.05) is 13.0 Å². The Morgan fingerprint density at radius 1 is 1.45 bits per heavy atom. The molecule has 0 aliphatic heterocycles. The van der Waals surface area contributed by atoms with Crippen molar-refractivity contribution >= 4 is 0 Å². The third kappa shape index (κ3) is 4.84. The van der Waals surface area contributed by atoms with Gasteiger partial charge in [0, 0.05) is 12.1 Å². The first-order valence-corrected chi connectivity index (χ1v) is 6.91. The van der Waals surface area contributed by atoms with E-state index >= 15 is 0 Å². The first kappa shape index (κ1) is 16.5. The SMILES string of the molecule is CCC(C)(C)N(C)CC(O)COc1cccc(C#N)c1. The van der Waals surface area contributed by atoms with Crippen molar-refractivity contribution in [3.63, 3.8) is 0 Å². The number of hydrogen-bond donors (Lipinski definition) is 1. The van der Waals surface area contributed by atoms with Crippen LogP contribution < -0.4 is 4.74 Å². The van der Waals surface area contributed by atoms with E-state index in [0.717, 1.165) is 6.42 Å². The molecule has 1 aromatic carbocycles. The zero-order valence-corrected chi connectivity index (χ0v) is 12.8. The maximum absolute atomic E-state index is 10.0. The maximum Gasteiger partial charge on any atom is 0.120 e.